The van der Waals surface area contributed by atoms with Crippen LogP contribution in [0, 0.1) is 13.8 Å². The third-order valence-electron chi connectivity index (χ3n) is 5.33. The van der Waals surface area contributed by atoms with Crippen LogP contribution in [0.1, 0.15) is 46.9 Å². The molecule has 0 saturated carbocycles. The number of carbonyl (C=O) groups excluding carboxylic acids is 1. The van der Waals surface area contributed by atoms with Crippen molar-refractivity contribution in [1.29, 1.82) is 0 Å². The fraction of sp³-hybridized carbons (Fsp3) is 0.455. The van der Waals surface area contributed by atoms with Crippen LogP contribution < -0.4 is 15.8 Å². The molecule has 0 radical (unpaired) electrons. The van der Waals surface area contributed by atoms with Crippen LogP contribution >= 0.6 is 0 Å². The molecule has 3 rings (SSSR count). The number of H-pyrrole nitrogens is 1. The first kappa shape index (κ1) is 20.1. The molecule has 1 amide bonds. The van der Waals surface area contributed by atoms with Crippen LogP contribution in [0.2, 0.25) is 0 Å². The number of aromatic amines is 1. The van der Waals surface area contributed by atoms with Gasteiger partial charge in [-0.15, -0.1) is 0 Å². The lowest BCUT2D eigenvalue weighted by atomic mass is 10.0. The van der Waals surface area contributed by atoms with Crippen LogP contribution in [-0.2, 0) is 11.3 Å². The second-order valence-electron chi connectivity index (χ2n) is 7.31. The van der Waals surface area contributed by atoms with Crippen LogP contribution in [-0.4, -0.2) is 36.7 Å². The second-order valence-corrected chi connectivity index (χ2v) is 7.31. The van der Waals surface area contributed by atoms with Gasteiger partial charge in [-0.3, -0.25) is 9.59 Å². The van der Waals surface area contributed by atoms with Crippen LogP contribution in [0.4, 0.5) is 5.69 Å². The maximum Gasteiger partial charge on any atom is 0.253 e. The summed E-state index contributed by atoms with van der Waals surface area (Å²) in [5, 5.41) is 2.88. The molecule has 1 fully saturated rings. The maximum atomic E-state index is 12.7. The van der Waals surface area contributed by atoms with Crippen LogP contribution in [0.5, 0.6) is 0 Å². The molecule has 1 aromatic carbocycles. The molecule has 0 spiro atoms. The third kappa shape index (κ3) is 4.62. The number of carbonyl (C=O) groups is 1. The van der Waals surface area contributed by atoms with E-state index in [9.17, 15) is 9.59 Å². The van der Waals surface area contributed by atoms with Gasteiger partial charge in [0, 0.05) is 54.9 Å². The molecule has 1 saturated heterocycles. The van der Waals surface area contributed by atoms with Gasteiger partial charge in [0.1, 0.15) is 0 Å². The van der Waals surface area contributed by atoms with E-state index < -0.39 is 0 Å². The van der Waals surface area contributed by atoms with Gasteiger partial charge in [-0.25, -0.2) is 0 Å². The summed E-state index contributed by atoms with van der Waals surface area (Å²) in [6.07, 6.45) is 2.00. The first-order valence-electron chi connectivity index (χ1n) is 9.91. The number of benzene rings is 1. The Labute approximate surface area is 165 Å². The molecular formula is C22H29N3O3. The van der Waals surface area contributed by atoms with E-state index in [1.807, 2.05) is 44.2 Å². The number of hydrogen-bond donors (Lipinski definition) is 2. The average molecular weight is 383 g/mol. The van der Waals surface area contributed by atoms with Crippen LogP contribution in [0.15, 0.2) is 35.1 Å². The zero-order valence-corrected chi connectivity index (χ0v) is 16.9. The normalized spacial score (nSPS) is 14.7. The fourth-order valence-electron chi connectivity index (χ4n) is 3.85. The van der Waals surface area contributed by atoms with Crippen molar-refractivity contribution in [2.75, 3.05) is 24.7 Å². The number of amides is 1. The quantitative estimate of drug-likeness (QED) is 0.804. The molecule has 2 N–H and O–H groups in total. The number of rotatable bonds is 6. The van der Waals surface area contributed by atoms with E-state index in [1.54, 1.807) is 0 Å². The van der Waals surface area contributed by atoms with Crippen molar-refractivity contribution in [3.05, 3.63) is 63.1 Å². The third-order valence-corrected chi connectivity index (χ3v) is 5.33. The Balaban J connectivity index is 1.72. The summed E-state index contributed by atoms with van der Waals surface area (Å²) in [6, 6.07) is 10.0. The van der Waals surface area contributed by atoms with Crippen molar-refractivity contribution in [1.82, 2.24) is 10.3 Å². The molecular weight excluding hydrogens is 354 g/mol. The molecule has 0 bridgehead atoms. The van der Waals surface area contributed by atoms with Crippen molar-refractivity contribution in [3.63, 3.8) is 0 Å². The molecule has 150 valence electrons. The molecule has 1 aliphatic heterocycles. The van der Waals surface area contributed by atoms with Gasteiger partial charge in [0.15, 0.2) is 0 Å². The number of nitrogens with zero attached hydrogens (tertiary/aromatic N) is 1. The predicted molar refractivity (Wildman–Crippen MR) is 111 cm³/mol. The molecule has 1 aromatic heterocycles. The minimum atomic E-state index is -0.177. The van der Waals surface area contributed by atoms with Gasteiger partial charge in [-0.05, 0) is 63.4 Å². The maximum absolute atomic E-state index is 12.7. The van der Waals surface area contributed by atoms with Gasteiger partial charge >= 0.3 is 0 Å². The highest BCUT2D eigenvalue weighted by molar-refractivity contribution is 5.95. The number of anilines is 1. The van der Waals surface area contributed by atoms with E-state index in [4.69, 9.17) is 4.74 Å². The Morgan fingerprint density at radius 1 is 1.25 bits per heavy atom. The number of aryl methyl sites for hydroxylation is 2. The zero-order valence-electron chi connectivity index (χ0n) is 16.9. The summed E-state index contributed by atoms with van der Waals surface area (Å²) in [7, 11) is 0. The highest BCUT2D eigenvalue weighted by atomic mass is 16.5. The SMILES string of the molecule is CCN(c1cccc(C(=O)NCc2c(C)cc(C)[nH]c2=O)c1)C1CCOCC1. The first-order chi connectivity index (χ1) is 13.5. The van der Waals surface area contributed by atoms with E-state index in [0.717, 1.165) is 49.5 Å². The Morgan fingerprint density at radius 3 is 2.68 bits per heavy atom. The number of aromatic nitrogens is 1. The van der Waals surface area contributed by atoms with Gasteiger partial charge in [0.05, 0.1) is 0 Å². The van der Waals surface area contributed by atoms with Crippen LogP contribution in [0.3, 0.4) is 0 Å². The van der Waals surface area contributed by atoms with Gasteiger partial charge in [-0.2, -0.15) is 0 Å². The topological polar surface area (TPSA) is 74.4 Å². The summed E-state index contributed by atoms with van der Waals surface area (Å²) in [6.45, 7) is 8.53. The Morgan fingerprint density at radius 2 is 2.00 bits per heavy atom. The summed E-state index contributed by atoms with van der Waals surface area (Å²) >= 11 is 0. The molecule has 6 heteroatoms. The van der Waals surface area contributed by atoms with E-state index in [2.05, 4.69) is 22.1 Å². The Kier molecular flexibility index (Phi) is 6.52. The molecule has 1 aliphatic rings. The van der Waals surface area contributed by atoms with Crippen molar-refractivity contribution < 1.29 is 9.53 Å². The molecule has 2 heterocycles. The van der Waals surface area contributed by atoms with Crippen molar-refractivity contribution >= 4 is 11.6 Å². The monoisotopic (exact) mass is 383 g/mol. The van der Waals surface area contributed by atoms with Gasteiger partial charge in [0.2, 0.25) is 0 Å². The summed E-state index contributed by atoms with van der Waals surface area (Å²) < 4.78 is 5.47. The standard InChI is InChI=1S/C22H29N3O3/c1-4-25(18-8-10-28-11-9-18)19-7-5-6-17(13-19)21(26)23-14-20-15(2)12-16(3)24-22(20)27/h5-7,12-13,18H,4,8-11,14H2,1-3H3,(H,23,26)(H,24,27). The summed E-state index contributed by atoms with van der Waals surface area (Å²) in [5.74, 6) is -0.177. The molecule has 28 heavy (non-hydrogen) atoms. The largest absolute Gasteiger partial charge is 0.381 e. The van der Waals surface area contributed by atoms with Gasteiger partial charge in [0.25, 0.3) is 11.5 Å². The molecule has 2 aromatic rings. The van der Waals surface area contributed by atoms with Crippen molar-refractivity contribution in [2.45, 2.75) is 46.2 Å². The lowest BCUT2D eigenvalue weighted by Gasteiger charge is -2.35. The van der Waals surface area contributed by atoms with Crippen molar-refractivity contribution in [2.24, 2.45) is 0 Å². The number of hydrogen-bond acceptors (Lipinski definition) is 4. The van der Waals surface area contributed by atoms with E-state index >= 15 is 0 Å². The number of ether oxygens (including phenoxy) is 1. The molecule has 0 unspecified atom stereocenters. The highest BCUT2D eigenvalue weighted by Gasteiger charge is 2.21. The smallest absolute Gasteiger partial charge is 0.253 e. The molecule has 6 nitrogen and oxygen atoms in total. The van der Waals surface area contributed by atoms with Crippen LogP contribution in [0.25, 0.3) is 0 Å². The number of pyridine rings is 1. The summed E-state index contributed by atoms with van der Waals surface area (Å²) in [4.78, 5) is 30.0. The van der Waals surface area contributed by atoms with Gasteiger partial charge < -0.3 is 19.9 Å². The lowest BCUT2D eigenvalue weighted by molar-refractivity contribution is 0.0846. The van der Waals surface area contributed by atoms with E-state index in [-0.39, 0.29) is 18.0 Å². The highest BCUT2D eigenvalue weighted by Crippen LogP contribution is 2.23. The zero-order chi connectivity index (χ0) is 20.1. The average Bonchev–Trinajstić information content (AvgIpc) is 2.68. The molecule has 0 atom stereocenters. The number of nitrogens with one attached hydrogen (secondary N) is 2. The van der Waals surface area contributed by atoms with Gasteiger partial charge in [-0.1, -0.05) is 6.07 Å². The predicted octanol–water partition coefficient (Wildman–Crippen LogP) is 2.93. The fourth-order valence-corrected chi connectivity index (χ4v) is 3.85. The Bertz CT molecular complexity index is 885. The Hall–Kier alpha value is -2.60. The second kappa shape index (κ2) is 9.06. The first-order valence-corrected chi connectivity index (χ1v) is 9.91. The van der Waals surface area contributed by atoms with E-state index in [0.29, 0.717) is 17.2 Å². The summed E-state index contributed by atoms with van der Waals surface area (Å²) in [5.41, 5.74) is 3.79. The molecule has 0 aliphatic carbocycles. The van der Waals surface area contributed by atoms with Crippen molar-refractivity contribution in [3.8, 4) is 0 Å². The lowest BCUT2D eigenvalue weighted by Crippen LogP contribution is -2.39. The van der Waals surface area contributed by atoms with E-state index in [1.165, 1.54) is 0 Å². The minimum Gasteiger partial charge on any atom is -0.381 e. The minimum absolute atomic E-state index is 0.150.